The number of imidazole rings is 1. The maximum Gasteiger partial charge on any atom is 0.319 e. The minimum Gasteiger partial charge on any atom is -0.333 e. The van der Waals surface area contributed by atoms with E-state index in [0.29, 0.717) is 12.5 Å². The summed E-state index contributed by atoms with van der Waals surface area (Å²) in [5.74, 6) is 1.39. The molecule has 0 aromatic carbocycles. The molecular formula is C13H23N5O. The highest BCUT2D eigenvalue weighted by Crippen LogP contribution is 2.16. The van der Waals surface area contributed by atoms with Crippen molar-refractivity contribution in [3.63, 3.8) is 0 Å². The first-order valence-electron chi connectivity index (χ1n) is 6.58. The molecule has 0 saturated heterocycles. The first kappa shape index (κ1) is 13.9. The zero-order valence-electron chi connectivity index (χ0n) is 12.2. The zero-order chi connectivity index (χ0) is 14.0. The number of hydrogen-bond acceptors (Lipinski definition) is 3. The van der Waals surface area contributed by atoms with E-state index in [1.165, 1.54) is 0 Å². The van der Waals surface area contributed by atoms with E-state index in [2.05, 4.69) is 28.5 Å². The fourth-order valence-electron chi connectivity index (χ4n) is 2.60. The van der Waals surface area contributed by atoms with Crippen LogP contribution in [0.3, 0.4) is 0 Å². The van der Waals surface area contributed by atoms with Crippen LogP contribution >= 0.6 is 0 Å². The highest BCUT2D eigenvalue weighted by atomic mass is 16.2. The summed E-state index contributed by atoms with van der Waals surface area (Å²) in [6, 6.07) is 0.0557. The van der Waals surface area contributed by atoms with E-state index in [0.717, 1.165) is 25.5 Å². The van der Waals surface area contributed by atoms with E-state index >= 15 is 0 Å². The lowest BCUT2D eigenvalue weighted by molar-refractivity contribution is 0.154. The van der Waals surface area contributed by atoms with Gasteiger partial charge in [0.2, 0.25) is 0 Å². The third kappa shape index (κ3) is 3.26. The Hall–Kier alpha value is -1.56. The van der Waals surface area contributed by atoms with E-state index < -0.39 is 0 Å². The van der Waals surface area contributed by atoms with Gasteiger partial charge < -0.3 is 19.3 Å². The Labute approximate surface area is 114 Å². The van der Waals surface area contributed by atoms with E-state index in [-0.39, 0.29) is 6.03 Å². The van der Waals surface area contributed by atoms with Crippen LogP contribution in [0, 0.1) is 5.92 Å². The highest BCUT2D eigenvalue weighted by Gasteiger charge is 2.26. The second-order valence-corrected chi connectivity index (χ2v) is 5.68. The van der Waals surface area contributed by atoms with Crippen LogP contribution < -0.4 is 0 Å². The molecule has 0 N–H and O–H groups in total. The molecule has 0 fully saturated rings. The Morgan fingerprint density at radius 3 is 2.74 bits per heavy atom. The zero-order valence-corrected chi connectivity index (χ0v) is 12.2. The summed E-state index contributed by atoms with van der Waals surface area (Å²) in [5, 5.41) is 0. The quantitative estimate of drug-likeness (QED) is 0.785. The summed E-state index contributed by atoms with van der Waals surface area (Å²) in [5.41, 5.74) is 0. The first-order chi connectivity index (χ1) is 8.97. The van der Waals surface area contributed by atoms with Crippen molar-refractivity contribution in [1.82, 2.24) is 24.3 Å². The van der Waals surface area contributed by atoms with Crippen LogP contribution in [0.4, 0.5) is 4.79 Å². The van der Waals surface area contributed by atoms with Crippen LogP contribution in [0.5, 0.6) is 0 Å². The molecule has 1 aliphatic heterocycles. The Balaban J connectivity index is 2.20. The lowest BCUT2D eigenvalue weighted by Crippen LogP contribution is -2.42. The maximum absolute atomic E-state index is 12.2. The lowest BCUT2D eigenvalue weighted by atomic mass is 10.1. The molecule has 106 valence electrons. The third-order valence-corrected chi connectivity index (χ3v) is 3.34. The average Bonchev–Trinajstić information content (AvgIpc) is 2.66. The second-order valence-electron chi connectivity index (χ2n) is 5.68. The first-order valence-corrected chi connectivity index (χ1v) is 6.58. The third-order valence-electron chi connectivity index (χ3n) is 3.34. The minimum absolute atomic E-state index is 0.0557. The largest absolute Gasteiger partial charge is 0.333 e. The van der Waals surface area contributed by atoms with Gasteiger partial charge in [-0.2, -0.15) is 0 Å². The monoisotopic (exact) mass is 265 g/mol. The van der Waals surface area contributed by atoms with Crippen LogP contribution in [0.25, 0.3) is 0 Å². The molecule has 0 spiro atoms. The van der Waals surface area contributed by atoms with E-state index in [4.69, 9.17) is 0 Å². The summed E-state index contributed by atoms with van der Waals surface area (Å²) in [7, 11) is 7.72. The van der Waals surface area contributed by atoms with E-state index in [1.54, 1.807) is 19.0 Å². The number of amides is 2. The summed E-state index contributed by atoms with van der Waals surface area (Å²) >= 11 is 0. The summed E-state index contributed by atoms with van der Waals surface area (Å²) in [6.45, 7) is 3.26. The number of carbonyl (C=O) groups excluding carboxylic acids is 1. The standard InChI is InChI=1S/C13H23N5O/c1-15(2)7-11-8-17-6-5-14-12(17)10-18(9-11)13(19)16(3)4/h5-6,11H,7-10H2,1-4H3. The van der Waals surface area contributed by atoms with Crippen LogP contribution in [-0.2, 0) is 13.1 Å². The second kappa shape index (κ2) is 5.61. The van der Waals surface area contributed by atoms with Gasteiger partial charge in [-0.1, -0.05) is 0 Å². The summed E-state index contributed by atoms with van der Waals surface area (Å²) in [4.78, 5) is 22.3. The van der Waals surface area contributed by atoms with E-state index in [9.17, 15) is 4.79 Å². The van der Waals surface area contributed by atoms with Crippen molar-refractivity contribution in [2.24, 2.45) is 5.92 Å². The van der Waals surface area contributed by atoms with Gasteiger partial charge in [-0.15, -0.1) is 0 Å². The molecule has 2 heterocycles. The Morgan fingerprint density at radius 2 is 2.11 bits per heavy atom. The molecule has 1 aromatic heterocycles. The van der Waals surface area contributed by atoms with Gasteiger partial charge in [-0.25, -0.2) is 9.78 Å². The van der Waals surface area contributed by atoms with Crippen LogP contribution in [0.15, 0.2) is 12.4 Å². The van der Waals surface area contributed by atoms with Crippen molar-refractivity contribution in [3.05, 3.63) is 18.2 Å². The number of nitrogens with zero attached hydrogens (tertiary/aromatic N) is 5. The molecule has 6 nitrogen and oxygen atoms in total. The number of fused-ring (bicyclic) bond motifs is 1. The molecule has 19 heavy (non-hydrogen) atoms. The van der Waals surface area contributed by atoms with Gasteiger partial charge in [-0.3, -0.25) is 0 Å². The molecule has 1 unspecified atom stereocenters. The molecule has 0 bridgehead atoms. The van der Waals surface area contributed by atoms with Crippen molar-refractivity contribution < 1.29 is 4.79 Å². The minimum atomic E-state index is 0.0557. The van der Waals surface area contributed by atoms with Gasteiger partial charge >= 0.3 is 6.03 Å². The summed E-state index contributed by atoms with van der Waals surface area (Å²) < 4.78 is 2.16. The fraction of sp³-hybridized carbons (Fsp3) is 0.692. The van der Waals surface area contributed by atoms with Gasteiger partial charge in [0.15, 0.2) is 0 Å². The number of carbonyl (C=O) groups is 1. The molecular weight excluding hydrogens is 242 g/mol. The van der Waals surface area contributed by atoms with Crippen molar-refractivity contribution in [1.29, 1.82) is 0 Å². The van der Waals surface area contributed by atoms with Crippen LogP contribution in [0.1, 0.15) is 5.82 Å². The molecule has 0 saturated carbocycles. The van der Waals surface area contributed by atoms with Crippen LogP contribution in [0.2, 0.25) is 0 Å². The number of hydrogen-bond donors (Lipinski definition) is 0. The molecule has 1 aromatic rings. The predicted molar refractivity (Wildman–Crippen MR) is 73.8 cm³/mol. The summed E-state index contributed by atoms with van der Waals surface area (Å²) in [6.07, 6.45) is 3.81. The SMILES string of the molecule is CN(C)CC1CN(C(=O)N(C)C)Cc2nccn2C1. The average molecular weight is 265 g/mol. The van der Waals surface area contributed by atoms with Gasteiger partial charge in [0, 0.05) is 52.0 Å². The van der Waals surface area contributed by atoms with Crippen molar-refractivity contribution in [3.8, 4) is 0 Å². The Kier molecular flexibility index (Phi) is 4.09. The molecule has 0 radical (unpaired) electrons. The molecule has 2 amide bonds. The number of aromatic nitrogens is 2. The topological polar surface area (TPSA) is 44.6 Å². The Morgan fingerprint density at radius 1 is 1.37 bits per heavy atom. The predicted octanol–water partition coefficient (Wildman–Crippen LogP) is 0.558. The Bertz CT molecular complexity index is 440. The molecule has 1 atom stereocenters. The molecule has 0 aliphatic carbocycles. The normalized spacial score (nSPS) is 19.2. The van der Waals surface area contributed by atoms with Gasteiger partial charge in [0.1, 0.15) is 5.82 Å². The van der Waals surface area contributed by atoms with E-state index in [1.807, 2.05) is 17.3 Å². The van der Waals surface area contributed by atoms with Gasteiger partial charge in [-0.05, 0) is 14.1 Å². The number of rotatable bonds is 2. The maximum atomic E-state index is 12.2. The number of urea groups is 1. The van der Waals surface area contributed by atoms with Crippen molar-refractivity contribution in [2.45, 2.75) is 13.1 Å². The molecule has 1 aliphatic rings. The fourth-order valence-corrected chi connectivity index (χ4v) is 2.60. The van der Waals surface area contributed by atoms with Gasteiger partial charge in [0.05, 0.1) is 6.54 Å². The van der Waals surface area contributed by atoms with Crippen molar-refractivity contribution >= 4 is 6.03 Å². The lowest BCUT2D eigenvalue weighted by Gasteiger charge is -2.28. The highest BCUT2D eigenvalue weighted by molar-refractivity contribution is 5.73. The molecule has 2 rings (SSSR count). The smallest absolute Gasteiger partial charge is 0.319 e. The van der Waals surface area contributed by atoms with Crippen LogP contribution in [-0.4, -0.2) is 71.6 Å². The van der Waals surface area contributed by atoms with Crippen molar-refractivity contribution in [2.75, 3.05) is 41.3 Å². The molecule has 6 heteroatoms. The van der Waals surface area contributed by atoms with Gasteiger partial charge in [0.25, 0.3) is 0 Å².